The number of nitrogens with one attached hydrogen (secondary N) is 1. The number of hydrogen-bond donors (Lipinski definition) is 2. The van der Waals surface area contributed by atoms with E-state index in [-0.39, 0.29) is 53.6 Å². The Labute approximate surface area is 435 Å². The molecule has 77 heavy (non-hydrogen) atoms. The lowest BCUT2D eigenvalue weighted by atomic mass is 10.2. The van der Waals surface area contributed by atoms with Gasteiger partial charge in [0.2, 0.25) is 0 Å². The van der Waals surface area contributed by atoms with Gasteiger partial charge >= 0.3 is 15.6 Å². The SMILES string of the molecule is Cc1ncc2c(NCc3ccccc3)cc(=O)n(OCc3ccccc3)c2n1.Cc1ncc2c(O)cc(=O)n(OCc3ccccc3)c2n1.Cc1ncc2c(OS(=O)(=O)C(F)(F)F)cc(=O)n(OCc3ccccc3)c2n1. The van der Waals surface area contributed by atoms with E-state index >= 15 is 0 Å². The lowest BCUT2D eigenvalue weighted by Crippen LogP contribution is -2.31. The molecule has 0 radical (unpaired) electrons. The van der Waals surface area contributed by atoms with Crippen LogP contribution in [-0.2, 0) is 36.5 Å². The van der Waals surface area contributed by atoms with Gasteiger partial charge < -0.3 is 29.1 Å². The molecular weight excluding hydrogens is 1030 g/mol. The molecular formula is C53H45F3N10O10S. The third kappa shape index (κ3) is 13.3. The second-order valence-corrected chi connectivity index (χ2v) is 18.1. The van der Waals surface area contributed by atoms with E-state index in [9.17, 15) is 41.1 Å². The first kappa shape index (κ1) is 53.6. The van der Waals surface area contributed by atoms with Crippen molar-refractivity contribution in [3.8, 4) is 11.5 Å². The Morgan fingerprint density at radius 2 is 0.883 bits per heavy atom. The van der Waals surface area contributed by atoms with E-state index in [2.05, 4.69) is 39.4 Å². The van der Waals surface area contributed by atoms with Crippen LogP contribution >= 0.6 is 0 Å². The maximum atomic E-state index is 12.7. The second kappa shape index (κ2) is 23.7. The topological polar surface area (TPSA) is 247 Å². The van der Waals surface area contributed by atoms with Gasteiger partial charge in [-0.15, -0.1) is 14.2 Å². The first-order valence-electron chi connectivity index (χ1n) is 23.1. The van der Waals surface area contributed by atoms with E-state index in [0.29, 0.717) is 46.5 Å². The predicted octanol–water partition coefficient (Wildman–Crippen LogP) is 6.73. The molecule has 0 saturated carbocycles. The number of rotatable bonds is 14. The van der Waals surface area contributed by atoms with Gasteiger partial charge in [0.05, 0.1) is 27.9 Å². The Bertz CT molecular complexity index is 3990. The zero-order valence-corrected chi connectivity index (χ0v) is 41.8. The van der Waals surface area contributed by atoms with Crippen molar-refractivity contribution in [1.82, 2.24) is 44.1 Å². The number of nitrogens with zero attached hydrogens (tertiary/aromatic N) is 9. The quantitative estimate of drug-likeness (QED) is 0.0846. The maximum Gasteiger partial charge on any atom is 0.534 e. The number of anilines is 1. The molecule has 10 aromatic rings. The van der Waals surface area contributed by atoms with Crippen molar-refractivity contribution in [1.29, 1.82) is 0 Å². The average Bonchev–Trinajstić information content (AvgIpc) is 3.41. The fourth-order valence-electron chi connectivity index (χ4n) is 7.15. The summed E-state index contributed by atoms with van der Waals surface area (Å²) < 4.78 is 67.7. The summed E-state index contributed by atoms with van der Waals surface area (Å²) in [6.45, 7) is 6.02. The summed E-state index contributed by atoms with van der Waals surface area (Å²) in [7, 11) is -5.98. The molecule has 0 fully saturated rings. The standard InChI is InChI=1S/C22H20N4O2.C16H12F3N3O5S.C15H13N3O3/c1-16-23-14-19-20(24-13-17-8-4-2-5-9-17)12-21(27)26(22(19)25-16)28-15-18-10-6-3-7-11-18;1-10-20-8-12-13(27-28(24,25)16(17,18)19)7-14(23)22(15(12)21-10)26-9-11-5-3-2-4-6-11;1-10-16-8-12-13(19)7-14(20)18(15(12)17-10)21-9-11-5-3-2-4-6-11/h2-12,14,24H,13,15H2,1H3;2-8H,9H2,1H3;2-8,19H,9H2,1H3. The summed E-state index contributed by atoms with van der Waals surface area (Å²) in [6.07, 6.45) is 4.22. The van der Waals surface area contributed by atoms with E-state index in [1.54, 1.807) is 50.4 Å². The van der Waals surface area contributed by atoms with Crippen molar-refractivity contribution < 1.29 is 45.4 Å². The van der Waals surface area contributed by atoms with Gasteiger partial charge in [0.15, 0.2) is 22.7 Å². The summed E-state index contributed by atoms with van der Waals surface area (Å²) in [6, 6.07) is 41.1. The van der Waals surface area contributed by atoms with Crippen LogP contribution < -0.4 is 40.7 Å². The average molecular weight is 1070 g/mol. The Hall–Kier alpha value is -9.71. The molecule has 0 saturated heterocycles. The molecule has 24 heteroatoms. The molecule has 20 nitrogen and oxygen atoms in total. The highest BCUT2D eigenvalue weighted by atomic mass is 32.2. The molecule has 0 unspecified atom stereocenters. The van der Waals surface area contributed by atoms with Crippen LogP contribution in [0.4, 0.5) is 18.9 Å². The van der Waals surface area contributed by atoms with Crippen LogP contribution in [0.5, 0.6) is 11.5 Å². The minimum atomic E-state index is -5.98. The molecule has 0 aliphatic carbocycles. The summed E-state index contributed by atoms with van der Waals surface area (Å²) in [5.74, 6) is 0.236. The number of alkyl halides is 3. The van der Waals surface area contributed by atoms with Gasteiger partial charge in [-0.3, -0.25) is 14.4 Å². The fraction of sp³-hybridized carbons (Fsp3) is 0.151. The van der Waals surface area contributed by atoms with Crippen molar-refractivity contribution in [2.75, 3.05) is 5.32 Å². The smallest absolute Gasteiger partial charge is 0.507 e. The number of aromatic hydroxyl groups is 1. The molecule has 0 spiro atoms. The maximum absolute atomic E-state index is 12.7. The lowest BCUT2D eigenvalue weighted by Gasteiger charge is -2.14. The van der Waals surface area contributed by atoms with Crippen LogP contribution in [0.2, 0.25) is 0 Å². The molecule has 6 heterocycles. The molecule has 2 N–H and O–H groups in total. The number of fused-ring (bicyclic) bond motifs is 3. The van der Waals surface area contributed by atoms with Gasteiger partial charge in [-0.1, -0.05) is 121 Å². The molecule has 0 amide bonds. The number of halogens is 3. The number of hydrogen-bond acceptors (Lipinski definition) is 17. The normalized spacial score (nSPS) is 11.2. The molecule has 0 aliphatic heterocycles. The Morgan fingerprint density at radius 3 is 1.32 bits per heavy atom. The van der Waals surface area contributed by atoms with Crippen LogP contribution in [0.25, 0.3) is 33.1 Å². The Balaban J connectivity index is 0.000000155. The van der Waals surface area contributed by atoms with Crippen LogP contribution in [-0.4, -0.2) is 63.1 Å². The fourth-order valence-corrected chi connectivity index (χ4v) is 7.61. The van der Waals surface area contributed by atoms with Crippen LogP contribution in [0.3, 0.4) is 0 Å². The van der Waals surface area contributed by atoms with Crippen LogP contribution in [0, 0.1) is 20.8 Å². The molecule has 6 aromatic heterocycles. The molecule has 394 valence electrons. The third-order valence-corrected chi connectivity index (χ3v) is 11.8. The highest BCUT2D eigenvalue weighted by Crippen LogP contribution is 2.30. The van der Waals surface area contributed by atoms with Crippen molar-refractivity contribution >= 4 is 48.9 Å². The lowest BCUT2D eigenvalue weighted by molar-refractivity contribution is -0.0499. The van der Waals surface area contributed by atoms with Gasteiger partial charge in [0.1, 0.15) is 43.0 Å². The Morgan fingerprint density at radius 1 is 0.519 bits per heavy atom. The second-order valence-electron chi connectivity index (χ2n) is 16.6. The van der Waals surface area contributed by atoms with Gasteiger partial charge in [-0.05, 0) is 43.0 Å². The minimum Gasteiger partial charge on any atom is -0.507 e. The van der Waals surface area contributed by atoms with Crippen LogP contribution in [0.15, 0.2) is 173 Å². The largest absolute Gasteiger partial charge is 0.534 e. The molecule has 0 aliphatic rings. The zero-order valence-electron chi connectivity index (χ0n) is 41.0. The first-order valence-corrected chi connectivity index (χ1v) is 24.5. The Kier molecular flexibility index (Phi) is 16.5. The third-order valence-electron chi connectivity index (χ3n) is 10.9. The van der Waals surface area contributed by atoms with Gasteiger partial charge in [0.25, 0.3) is 16.7 Å². The van der Waals surface area contributed by atoms with Crippen molar-refractivity contribution in [3.05, 3.63) is 229 Å². The van der Waals surface area contributed by atoms with Gasteiger partial charge in [-0.2, -0.15) is 21.6 Å². The number of aromatic nitrogens is 9. The minimum absolute atomic E-state index is 0.0417. The number of benzene rings is 4. The summed E-state index contributed by atoms with van der Waals surface area (Å²) in [4.78, 5) is 78.6. The van der Waals surface area contributed by atoms with Crippen LogP contribution in [0.1, 0.15) is 39.7 Å². The highest BCUT2D eigenvalue weighted by Gasteiger charge is 2.49. The first-order chi connectivity index (χ1) is 36.9. The highest BCUT2D eigenvalue weighted by molar-refractivity contribution is 7.88. The monoisotopic (exact) mass is 1070 g/mol. The number of pyridine rings is 3. The van der Waals surface area contributed by atoms with E-state index < -0.39 is 32.5 Å². The van der Waals surface area contributed by atoms with Crippen molar-refractivity contribution in [3.63, 3.8) is 0 Å². The van der Waals surface area contributed by atoms with Crippen molar-refractivity contribution in [2.45, 2.75) is 52.6 Å². The molecule has 4 aromatic carbocycles. The van der Waals surface area contributed by atoms with Crippen molar-refractivity contribution in [2.24, 2.45) is 0 Å². The summed E-state index contributed by atoms with van der Waals surface area (Å²) in [5.41, 5.74) is -2.50. The zero-order chi connectivity index (χ0) is 54.7. The van der Waals surface area contributed by atoms with E-state index in [1.165, 1.54) is 23.9 Å². The van der Waals surface area contributed by atoms with Gasteiger partial charge in [-0.25, -0.2) is 29.9 Å². The van der Waals surface area contributed by atoms with E-state index in [1.807, 2.05) is 91.0 Å². The predicted molar refractivity (Wildman–Crippen MR) is 277 cm³/mol. The summed E-state index contributed by atoms with van der Waals surface area (Å²) in [5, 5.41) is 14.0. The van der Waals surface area contributed by atoms with E-state index in [0.717, 1.165) is 43.8 Å². The van der Waals surface area contributed by atoms with Gasteiger partial charge in [0, 0.05) is 37.3 Å². The molecule has 0 bridgehead atoms. The number of aryl methyl sites for hydroxylation is 3. The molecule has 0 atom stereocenters. The molecule has 10 rings (SSSR count). The summed E-state index contributed by atoms with van der Waals surface area (Å²) >= 11 is 0. The van der Waals surface area contributed by atoms with E-state index in [4.69, 9.17) is 14.5 Å².